The molecule has 0 aromatic rings. The van der Waals surface area contributed by atoms with Crippen molar-refractivity contribution in [3.63, 3.8) is 0 Å². The van der Waals surface area contributed by atoms with Crippen molar-refractivity contribution in [1.82, 2.24) is 0 Å². The van der Waals surface area contributed by atoms with Gasteiger partial charge in [-0.3, -0.25) is 14.4 Å². The topological polar surface area (TPSA) is 78.9 Å². The predicted octanol–water partition coefficient (Wildman–Crippen LogP) is 22.7. The van der Waals surface area contributed by atoms with E-state index in [-0.39, 0.29) is 31.1 Å². The molecule has 77 heavy (non-hydrogen) atoms. The van der Waals surface area contributed by atoms with Gasteiger partial charge in [-0.25, -0.2) is 0 Å². The third kappa shape index (κ3) is 63.3. The Morgan fingerprint density at radius 1 is 0.273 bits per heavy atom. The van der Waals surface area contributed by atoms with Crippen LogP contribution in [0.15, 0.2) is 85.1 Å². The van der Waals surface area contributed by atoms with Crippen LogP contribution in [0, 0.1) is 0 Å². The Labute approximate surface area is 477 Å². The maximum Gasteiger partial charge on any atom is 0.306 e. The number of rotatable bonds is 60. The average Bonchev–Trinajstić information content (AvgIpc) is 3.43. The summed E-state index contributed by atoms with van der Waals surface area (Å²) in [5.41, 5.74) is 0. The Kier molecular flexibility index (Phi) is 62.2. The Morgan fingerprint density at radius 3 is 0.831 bits per heavy atom. The number of esters is 3. The SMILES string of the molecule is CC/C=C\C/C=C\C/C=C\C/C=C\C/C=C\C/C=C\CCCCC(=O)OCC(COC(=O)CCCCCCCCCCCCCCCCCCC)OC(=O)CCCCCCCCCCC/C=C\CCCCCCCCCC. The van der Waals surface area contributed by atoms with Gasteiger partial charge in [-0.05, 0) is 96.3 Å². The fourth-order valence-electron chi connectivity index (χ4n) is 9.44. The first kappa shape index (κ1) is 73.6. The lowest BCUT2D eigenvalue weighted by Crippen LogP contribution is -2.30. The van der Waals surface area contributed by atoms with E-state index in [9.17, 15) is 14.4 Å². The zero-order valence-electron chi connectivity index (χ0n) is 51.0. The van der Waals surface area contributed by atoms with Crippen LogP contribution in [0.3, 0.4) is 0 Å². The molecule has 0 aliphatic heterocycles. The molecule has 0 aromatic heterocycles. The Balaban J connectivity index is 4.43. The molecule has 0 saturated heterocycles. The third-order valence-corrected chi connectivity index (χ3v) is 14.4. The van der Waals surface area contributed by atoms with Crippen molar-refractivity contribution in [1.29, 1.82) is 0 Å². The maximum absolute atomic E-state index is 12.9. The van der Waals surface area contributed by atoms with Gasteiger partial charge in [0, 0.05) is 19.3 Å². The molecule has 0 aliphatic rings. The van der Waals surface area contributed by atoms with Gasteiger partial charge in [0.2, 0.25) is 0 Å². The molecule has 0 radical (unpaired) electrons. The molecule has 444 valence electrons. The first-order valence-electron chi connectivity index (χ1n) is 33.1. The number of carbonyl (C=O) groups is 3. The molecule has 0 saturated carbocycles. The average molecular weight is 1070 g/mol. The summed E-state index contributed by atoms with van der Waals surface area (Å²) in [7, 11) is 0. The Hall–Kier alpha value is -3.41. The summed E-state index contributed by atoms with van der Waals surface area (Å²) in [4.78, 5) is 38.4. The van der Waals surface area contributed by atoms with Crippen molar-refractivity contribution in [3.05, 3.63) is 85.1 Å². The summed E-state index contributed by atoms with van der Waals surface area (Å²) in [6.45, 7) is 6.53. The van der Waals surface area contributed by atoms with Crippen LogP contribution in [0.25, 0.3) is 0 Å². The van der Waals surface area contributed by atoms with Crippen molar-refractivity contribution in [2.24, 2.45) is 0 Å². The molecule has 6 nitrogen and oxygen atoms in total. The van der Waals surface area contributed by atoms with Gasteiger partial charge in [-0.1, -0.05) is 298 Å². The van der Waals surface area contributed by atoms with Crippen LogP contribution in [0.5, 0.6) is 0 Å². The second-order valence-corrected chi connectivity index (χ2v) is 22.0. The summed E-state index contributed by atoms with van der Waals surface area (Å²) in [5, 5.41) is 0. The monoisotopic (exact) mass is 1070 g/mol. The summed E-state index contributed by atoms with van der Waals surface area (Å²) in [5.74, 6) is -0.919. The Morgan fingerprint density at radius 2 is 0.506 bits per heavy atom. The van der Waals surface area contributed by atoms with Gasteiger partial charge in [0.05, 0.1) is 0 Å². The molecule has 1 atom stereocenters. The van der Waals surface area contributed by atoms with Crippen LogP contribution in [-0.2, 0) is 28.6 Å². The maximum atomic E-state index is 12.9. The largest absolute Gasteiger partial charge is 0.462 e. The van der Waals surface area contributed by atoms with Crippen LogP contribution in [0.2, 0.25) is 0 Å². The van der Waals surface area contributed by atoms with E-state index in [2.05, 4.69) is 106 Å². The molecule has 0 spiro atoms. The smallest absolute Gasteiger partial charge is 0.306 e. The van der Waals surface area contributed by atoms with E-state index in [4.69, 9.17) is 14.2 Å². The molecule has 0 rings (SSSR count). The van der Waals surface area contributed by atoms with E-state index in [1.165, 1.54) is 193 Å². The van der Waals surface area contributed by atoms with Crippen molar-refractivity contribution in [3.8, 4) is 0 Å². The number of allylic oxidation sites excluding steroid dienone is 14. The van der Waals surface area contributed by atoms with E-state index in [1.54, 1.807) is 0 Å². The molecule has 0 aliphatic carbocycles. The molecule has 0 aromatic carbocycles. The fourth-order valence-corrected chi connectivity index (χ4v) is 9.44. The van der Waals surface area contributed by atoms with Gasteiger partial charge in [0.15, 0.2) is 6.10 Å². The van der Waals surface area contributed by atoms with Crippen molar-refractivity contribution in [2.75, 3.05) is 13.2 Å². The van der Waals surface area contributed by atoms with Crippen molar-refractivity contribution >= 4 is 17.9 Å². The third-order valence-electron chi connectivity index (χ3n) is 14.4. The van der Waals surface area contributed by atoms with Gasteiger partial charge in [-0.2, -0.15) is 0 Å². The van der Waals surface area contributed by atoms with Crippen LogP contribution in [0.1, 0.15) is 329 Å². The van der Waals surface area contributed by atoms with E-state index in [0.717, 1.165) is 96.3 Å². The summed E-state index contributed by atoms with van der Waals surface area (Å²) in [6.07, 6.45) is 85.9. The highest BCUT2D eigenvalue weighted by atomic mass is 16.6. The van der Waals surface area contributed by atoms with E-state index < -0.39 is 6.10 Å². The number of hydrogen-bond acceptors (Lipinski definition) is 6. The predicted molar refractivity (Wildman–Crippen MR) is 334 cm³/mol. The van der Waals surface area contributed by atoms with Gasteiger partial charge >= 0.3 is 17.9 Å². The second kappa shape index (κ2) is 65.1. The van der Waals surface area contributed by atoms with E-state index in [1.807, 2.05) is 0 Å². The van der Waals surface area contributed by atoms with Crippen LogP contribution in [-0.4, -0.2) is 37.2 Å². The standard InChI is InChI=1S/C71H124O6/c1-4-7-10-13-16-19-22-25-28-31-33-35-37-40-43-46-49-52-55-58-61-64-70(73)76-67-68(66-75-69(72)63-60-57-54-51-48-45-42-39-30-27-24-21-18-15-12-9-6-3)77-71(74)65-62-59-56-53-50-47-44-41-38-36-34-32-29-26-23-20-17-14-11-8-5-2/h7,10,16,19,25,28,32-35,40,43,49,52,68H,4-6,8-9,11-15,17-18,20-24,26-27,29-31,36-39,41-42,44-48,50-51,53-67H2,1-3H3/b10-7-,19-16-,28-25-,34-32-,35-33-,43-40-,52-49-. The van der Waals surface area contributed by atoms with Crippen LogP contribution < -0.4 is 0 Å². The fraction of sp³-hybridized carbons (Fsp3) is 0.761. The molecule has 0 N–H and O–H groups in total. The summed E-state index contributed by atoms with van der Waals surface area (Å²) < 4.78 is 16.9. The first-order valence-corrected chi connectivity index (χ1v) is 33.1. The molecular weight excluding hydrogens is 949 g/mol. The first-order chi connectivity index (χ1) is 38.0. The van der Waals surface area contributed by atoms with Crippen LogP contribution >= 0.6 is 0 Å². The van der Waals surface area contributed by atoms with Crippen LogP contribution in [0.4, 0.5) is 0 Å². The molecular formula is C71H124O6. The summed E-state index contributed by atoms with van der Waals surface area (Å²) in [6, 6.07) is 0. The number of carbonyl (C=O) groups excluding carboxylic acids is 3. The summed E-state index contributed by atoms with van der Waals surface area (Å²) >= 11 is 0. The highest BCUT2D eigenvalue weighted by Crippen LogP contribution is 2.17. The lowest BCUT2D eigenvalue weighted by atomic mass is 10.0. The van der Waals surface area contributed by atoms with Gasteiger partial charge in [0.1, 0.15) is 13.2 Å². The van der Waals surface area contributed by atoms with Crippen molar-refractivity contribution in [2.45, 2.75) is 335 Å². The quantitative estimate of drug-likeness (QED) is 0.0261. The van der Waals surface area contributed by atoms with E-state index >= 15 is 0 Å². The lowest BCUT2D eigenvalue weighted by Gasteiger charge is -2.18. The highest BCUT2D eigenvalue weighted by Gasteiger charge is 2.19. The highest BCUT2D eigenvalue weighted by molar-refractivity contribution is 5.71. The minimum atomic E-state index is -0.796. The molecule has 1 unspecified atom stereocenters. The molecule has 6 heteroatoms. The number of unbranched alkanes of at least 4 members (excludes halogenated alkanes) is 35. The molecule has 0 amide bonds. The van der Waals surface area contributed by atoms with Gasteiger partial charge < -0.3 is 14.2 Å². The normalized spacial score (nSPS) is 12.6. The zero-order chi connectivity index (χ0) is 55.7. The molecule has 0 bridgehead atoms. The zero-order valence-corrected chi connectivity index (χ0v) is 51.0. The minimum absolute atomic E-state index is 0.0882. The number of ether oxygens (including phenoxy) is 3. The Bertz CT molecular complexity index is 1470. The second-order valence-electron chi connectivity index (χ2n) is 22.0. The minimum Gasteiger partial charge on any atom is -0.462 e. The van der Waals surface area contributed by atoms with Crippen molar-refractivity contribution < 1.29 is 28.6 Å². The van der Waals surface area contributed by atoms with Gasteiger partial charge in [-0.15, -0.1) is 0 Å². The van der Waals surface area contributed by atoms with E-state index in [0.29, 0.717) is 19.3 Å². The lowest BCUT2D eigenvalue weighted by molar-refractivity contribution is -0.167. The van der Waals surface area contributed by atoms with Gasteiger partial charge in [0.25, 0.3) is 0 Å². The molecule has 0 heterocycles. The number of hydrogen-bond donors (Lipinski definition) is 0. The molecule has 0 fully saturated rings.